The fourth-order valence-electron chi connectivity index (χ4n) is 2.51. The average Bonchev–Trinajstić information content (AvgIpc) is 3.41. The molecule has 4 N–H and O–H groups in total. The second-order valence-electron chi connectivity index (χ2n) is 6.12. The van der Waals surface area contributed by atoms with Gasteiger partial charge in [0.05, 0.1) is 0 Å². The molecule has 2 fully saturated rings. The Kier molecular flexibility index (Phi) is 11.5. The van der Waals surface area contributed by atoms with Crippen molar-refractivity contribution in [3.63, 3.8) is 0 Å². The molecule has 0 aliphatic heterocycles. The van der Waals surface area contributed by atoms with Crippen LogP contribution in [0.3, 0.4) is 0 Å². The summed E-state index contributed by atoms with van der Waals surface area (Å²) in [5.74, 6) is -2.59. The third kappa shape index (κ3) is 7.99. The summed E-state index contributed by atoms with van der Waals surface area (Å²) in [4.78, 5) is 34.6. The van der Waals surface area contributed by atoms with Crippen molar-refractivity contribution in [1.29, 1.82) is 0 Å². The maximum Gasteiger partial charge on any atom is 2.00 e. The maximum atomic E-state index is 11.9. The Morgan fingerprint density at radius 1 is 0.833 bits per heavy atom. The van der Waals surface area contributed by atoms with Gasteiger partial charge in [0, 0.05) is 18.8 Å². The average molecular weight is 451 g/mol. The third-order valence-electron chi connectivity index (χ3n) is 4.00. The smallest absolute Gasteiger partial charge is 0.506 e. The summed E-state index contributed by atoms with van der Waals surface area (Å²) in [6.45, 7) is 0. The summed E-state index contributed by atoms with van der Waals surface area (Å²) in [7, 11) is 0. The van der Waals surface area contributed by atoms with E-state index in [1.807, 2.05) is 32.1 Å². The molecule has 0 bridgehead atoms. The summed E-state index contributed by atoms with van der Waals surface area (Å²) in [5, 5.41) is 30.7. The van der Waals surface area contributed by atoms with Crippen LogP contribution in [0.2, 0.25) is 0 Å². The SMILES string of the molecule is O=C(CCCC(=O)[C]1[CH][CH][CH][CH]1)Nc1c(O)ccc(C(=O)O)c1O.[CH]1[CH][CH][CH][CH]1.[Fe+2]. The predicted molar refractivity (Wildman–Crippen MR) is 106 cm³/mol. The summed E-state index contributed by atoms with van der Waals surface area (Å²) < 4.78 is 0. The topological polar surface area (TPSA) is 124 Å². The number of hydrogen-bond acceptors (Lipinski definition) is 5. The first-order chi connectivity index (χ1) is 13.9. The van der Waals surface area contributed by atoms with Crippen molar-refractivity contribution in [2.45, 2.75) is 19.3 Å². The molecule has 0 aromatic heterocycles. The van der Waals surface area contributed by atoms with Crippen LogP contribution in [-0.4, -0.2) is 33.0 Å². The van der Waals surface area contributed by atoms with Crippen LogP contribution in [-0.2, 0) is 26.7 Å². The largest absolute Gasteiger partial charge is 2.00 e. The molecular formula is C22H21FeNO6+2. The number of aromatic carboxylic acids is 1. The second kappa shape index (κ2) is 13.3. The van der Waals surface area contributed by atoms with E-state index < -0.39 is 28.9 Å². The molecule has 2 aliphatic rings. The van der Waals surface area contributed by atoms with Crippen LogP contribution in [0.1, 0.15) is 29.6 Å². The number of amides is 1. The molecule has 2 aliphatic carbocycles. The number of benzene rings is 1. The zero-order chi connectivity index (χ0) is 21.2. The third-order valence-corrected chi connectivity index (χ3v) is 4.00. The van der Waals surface area contributed by atoms with Gasteiger partial charge in [-0.25, -0.2) is 4.79 Å². The first-order valence-corrected chi connectivity index (χ1v) is 8.90. The number of phenolic OH excluding ortho intramolecular Hbond substituents is 1. The van der Waals surface area contributed by atoms with Crippen LogP contribution in [0.25, 0.3) is 0 Å². The molecule has 156 valence electrons. The number of hydrogen-bond donors (Lipinski definition) is 4. The van der Waals surface area contributed by atoms with E-state index >= 15 is 0 Å². The van der Waals surface area contributed by atoms with E-state index in [4.69, 9.17) is 5.11 Å². The van der Waals surface area contributed by atoms with Crippen molar-refractivity contribution in [1.82, 2.24) is 0 Å². The Labute approximate surface area is 187 Å². The van der Waals surface area contributed by atoms with Gasteiger partial charge in [-0.3, -0.25) is 9.59 Å². The number of carbonyl (C=O) groups is 3. The van der Waals surface area contributed by atoms with Crippen LogP contribution in [0.4, 0.5) is 5.69 Å². The Hall–Kier alpha value is -2.05. The Morgan fingerprint density at radius 2 is 1.40 bits per heavy atom. The van der Waals surface area contributed by atoms with Gasteiger partial charge in [-0.1, -0.05) is 0 Å². The standard InChI is InChI=1S/C17H16NO6.C5H5.Fe/c19-12(10-4-1-2-5-10)6-3-7-14(21)18-15-13(20)9-8-11(16(15)22)17(23)24;1-2-4-5-3-1;/h1-2,4-5,8-9,20,22H,3,6-7H2,(H,18,21)(H,23,24);1-5H;/q;;+2. The van der Waals surface area contributed by atoms with Crippen LogP contribution in [0.5, 0.6) is 11.5 Å². The van der Waals surface area contributed by atoms with Crippen molar-refractivity contribution in [3.05, 3.63) is 81.4 Å². The van der Waals surface area contributed by atoms with Crippen molar-refractivity contribution >= 4 is 23.3 Å². The zero-order valence-corrected chi connectivity index (χ0v) is 17.0. The number of carboxylic acid groups (broad SMARTS) is 1. The number of carbonyl (C=O) groups excluding carboxylic acids is 2. The van der Waals surface area contributed by atoms with Gasteiger partial charge in [-0.2, -0.15) is 0 Å². The molecule has 1 amide bonds. The number of phenols is 2. The summed E-state index contributed by atoms with van der Waals surface area (Å²) >= 11 is 0. The summed E-state index contributed by atoms with van der Waals surface area (Å²) in [5.41, 5.74) is -0.795. The van der Waals surface area contributed by atoms with E-state index in [1.54, 1.807) is 25.7 Å². The van der Waals surface area contributed by atoms with Gasteiger partial charge in [-0.05, 0) is 76.3 Å². The molecule has 1 aromatic rings. The van der Waals surface area contributed by atoms with Gasteiger partial charge in [0.2, 0.25) is 5.91 Å². The van der Waals surface area contributed by atoms with Crippen molar-refractivity contribution in [3.8, 4) is 11.5 Å². The number of carboxylic acids is 1. The van der Waals surface area contributed by atoms with E-state index in [2.05, 4.69) is 5.32 Å². The van der Waals surface area contributed by atoms with Gasteiger partial charge in [-0.15, -0.1) is 0 Å². The number of Topliss-reactive ketones (excluding diaryl/α,β-unsaturated/α-hetero) is 1. The molecule has 7 nitrogen and oxygen atoms in total. The molecule has 2 saturated carbocycles. The zero-order valence-electron chi connectivity index (χ0n) is 15.9. The Morgan fingerprint density at radius 3 is 1.93 bits per heavy atom. The number of aromatic hydroxyl groups is 2. The van der Waals surface area contributed by atoms with E-state index in [0.29, 0.717) is 5.92 Å². The molecule has 0 heterocycles. The fourth-order valence-corrected chi connectivity index (χ4v) is 2.51. The first kappa shape index (κ1) is 26.0. The summed E-state index contributed by atoms with van der Waals surface area (Å²) in [6.07, 6.45) is 17.3. The second-order valence-corrected chi connectivity index (χ2v) is 6.12. The number of anilines is 1. The predicted octanol–water partition coefficient (Wildman–Crippen LogP) is 2.90. The van der Waals surface area contributed by atoms with E-state index in [1.165, 1.54) is 0 Å². The molecule has 0 unspecified atom stereocenters. The summed E-state index contributed by atoms with van der Waals surface area (Å²) in [6, 6.07) is 2.10. The van der Waals surface area contributed by atoms with Gasteiger partial charge in [0.1, 0.15) is 22.8 Å². The molecule has 30 heavy (non-hydrogen) atoms. The molecule has 0 saturated heterocycles. The molecule has 0 atom stereocenters. The van der Waals surface area contributed by atoms with Gasteiger partial charge >= 0.3 is 23.0 Å². The maximum absolute atomic E-state index is 11.9. The Balaban J connectivity index is 0.000000655. The van der Waals surface area contributed by atoms with Crippen LogP contribution in [0, 0.1) is 63.7 Å². The van der Waals surface area contributed by atoms with Crippen molar-refractivity contribution < 1.29 is 46.8 Å². The molecule has 0 spiro atoms. The van der Waals surface area contributed by atoms with E-state index in [-0.39, 0.29) is 47.8 Å². The van der Waals surface area contributed by atoms with Gasteiger partial charge in [0.25, 0.3) is 0 Å². The van der Waals surface area contributed by atoms with E-state index in [9.17, 15) is 24.6 Å². The van der Waals surface area contributed by atoms with Crippen molar-refractivity contribution in [2.24, 2.45) is 0 Å². The van der Waals surface area contributed by atoms with Crippen LogP contribution >= 0.6 is 0 Å². The van der Waals surface area contributed by atoms with Crippen molar-refractivity contribution in [2.75, 3.05) is 5.32 Å². The minimum absolute atomic E-state index is 0. The van der Waals surface area contributed by atoms with Gasteiger partial charge in [0.15, 0.2) is 5.75 Å². The quantitative estimate of drug-likeness (QED) is 0.374. The minimum Gasteiger partial charge on any atom is -0.506 e. The molecule has 8 heteroatoms. The monoisotopic (exact) mass is 451 g/mol. The van der Waals surface area contributed by atoms with E-state index in [0.717, 1.165) is 12.1 Å². The number of nitrogens with one attached hydrogen (secondary N) is 1. The molecule has 1 aromatic carbocycles. The normalized spacial score (nSPS) is 15.6. The minimum atomic E-state index is -1.39. The first-order valence-electron chi connectivity index (χ1n) is 8.90. The van der Waals surface area contributed by atoms with Crippen LogP contribution in [0.15, 0.2) is 12.1 Å². The Bertz CT molecular complexity index is 719. The van der Waals surface area contributed by atoms with Gasteiger partial charge < -0.3 is 20.6 Å². The number of rotatable bonds is 7. The molecule has 10 radical (unpaired) electrons. The fraction of sp³-hybridized carbons (Fsp3) is 0.136. The molecular weight excluding hydrogens is 430 g/mol. The van der Waals surface area contributed by atoms with Crippen LogP contribution < -0.4 is 5.32 Å². The molecule has 3 rings (SSSR count). The number of ketones is 1.